The smallest absolute Gasteiger partial charge is 0.269 e. The molecule has 1 heterocycles. The Morgan fingerprint density at radius 1 is 1.10 bits per heavy atom. The average Bonchev–Trinajstić information content (AvgIpc) is 2.49. The molecular formula is C14H17N5O. The predicted molar refractivity (Wildman–Crippen MR) is 77.7 cm³/mol. The van der Waals surface area contributed by atoms with E-state index in [0.717, 1.165) is 18.7 Å². The fourth-order valence-electron chi connectivity index (χ4n) is 1.83. The molecule has 20 heavy (non-hydrogen) atoms. The van der Waals surface area contributed by atoms with Crippen molar-refractivity contribution >= 4 is 17.4 Å². The third-order valence-corrected chi connectivity index (χ3v) is 2.83. The first-order valence-corrected chi connectivity index (χ1v) is 6.38. The van der Waals surface area contributed by atoms with E-state index in [1.54, 1.807) is 12.1 Å². The number of hydrogen-bond donors (Lipinski definition) is 2. The summed E-state index contributed by atoms with van der Waals surface area (Å²) in [6.07, 6.45) is 0.828. The number of rotatable bonds is 6. The summed E-state index contributed by atoms with van der Waals surface area (Å²) in [4.78, 5) is 13.0. The summed E-state index contributed by atoms with van der Waals surface area (Å²) < 4.78 is 0. The lowest BCUT2D eigenvalue weighted by atomic mass is 10.2. The minimum absolute atomic E-state index is 0.153. The Morgan fingerprint density at radius 3 is 2.40 bits per heavy atom. The number of nitrogens with two attached hydrogens (primary N) is 2. The van der Waals surface area contributed by atoms with Gasteiger partial charge in [0.25, 0.3) is 5.91 Å². The number of para-hydroxylation sites is 1. The second-order valence-corrected chi connectivity index (χ2v) is 4.27. The minimum atomic E-state index is -0.586. The SMILES string of the molecule is NCCCN(c1ccccc1)c1ccc(C(N)=O)nn1. The Hall–Kier alpha value is -2.47. The monoisotopic (exact) mass is 271 g/mol. The third kappa shape index (κ3) is 3.30. The van der Waals surface area contributed by atoms with Crippen LogP contribution in [0.1, 0.15) is 16.9 Å². The molecule has 0 atom stereocenters. The lowest BCUT2D eigenvalue weighted by molar-refractivity contribution is 0.0994. The van der Waals surface area contributed by atoms with Crippen molar-refractivity contribution < 1.29 is 4.79 Å². The van der Waals surface area contributed by atoms with Crippen LogP contribution in [0.2, 0.25) is 0 Å². The Morgan fingerprint density at radius 2 is 1.85 bits per heavy atom. The molecule has 0 spiro atoms. The number of benzene rings is 1. The molecule has 4 N–H and O–H groups in total. The van der Waals surface area contributed by atoms with Crippen LogP contribution in [0.25, 0.3) is 0 Å². The summed E-state index contributed by atoms with van der Waals surface area (Å²) in [5.41, 5.74) is 11.9. The van der Waals surface area contributed by atoms with Crippen LogP contribution in [0, 0.1) is 0 Å². The maximum Gasteiger partial charge on any atom is 0.269 e. The maximum absolute atomic E-state index is 11.0. The van der Waals surface area contributed by atoms with Gasteiger partial charge in [0, 0.05) is 12.2 Å². The van der Waals surface area contributed by atoms with Gasteiger partial charge in [-0.05, 0) is 37.2 Å². The van der Waals surface area contributed by atoms with Gasteiger partial charge in [0.15, 0.2) is 11.5 Å². The van der Waals surface area contributed by atoms with Gasteiger partial charge in [-0.15, -0.1) is 10.2 Å². The van der Waals surface area contributed by atoms with E-state index in [4.69, 9.17) is 11.5 Å². The molecule has 2 aromatic rings. The first-order valence-electron chi connectivity index (χ1n) is 6.38. The highest BCUT2D eigenvalue weighted by molar-refractivity contribution is 5.90. The minimum Gasteiger partial charge on any atom is -0.364 e. The summed E-state index contributed by atoms with van der Waals surface area (Å²) in [5.74, 6) is 0.0759. The van der Waals surface area contributed by atoms with E-state index in [2.05, 4.69) is 10.2 Å². The van der Waals surface area contributed by atoms with Crippen LogP contribution in [0.4, 0.5) is 11.5 Å². The molecule has 0 aliphatic heterocycles. The second kappa shape index (κ2) is 6.63. The molecule has 0 aliphatic rings. The van der Waals surface area contributed by atoms with Crippen LogP contribution in [0.15, 0.2) is 42.5 Å². The zero-order chi connectivity index (χ0) is 14.4. The quantitative estimate of drug-likeness (QED) is 0.818. The van der Waals surface area contributed by atoms with E-state index in [0.29, 0.717) is 12.4 Å². The Bertz CT molecular complexity index is 556. The molecule has 1 amide bonds. The molecule has 0 fully saturated rings. The van der Waals surface area contributed by atoms with Crippen LogP contribution >= 0.6 is 0 Å². The van der Waals surface area contributed by atoms with Gasteiger partial charge >= 0.3 is 0 Å². The van der Waals surface area contributed by atoms with Crippen LogP contribution in [-0.4, -0.2) is 29.2 Å². The zero-order valence-electron chi connectivity index (χ0n) is 11.1. The van der Waals surface area contributed by atoms with Gasteiger partial charge < -0.3 is 16.4 Å². The Labute approximate surface area is 117 Å². The molecule has 0 unspecified atom stereocenters. The van der Waals surface area contributed by atoms with E-state index in [-0.39, 0.29) is 5.69 Å². The number of carbonyl (C=O) groups excluding carboxylic acids is 1. The molecule has 0 aliphatic carbocycles. The number of anilines is 2. The highest BCUT2D eigenvalue weighted by atomic mass is 16.1. The van der Waals surface area contributed by atoms with Crippen molar-refractivity contribution in [2.45, 2.75) is 6.42 Å². The van der Waals surface area contributed by atoms with Gasteiger partial charge in [-0.3, -0.25) is 4.79 Å². The number of primary amides is 1. The predicted octanol–water partition coefficient (Wildman–Crippen LogP) is 1.06. The van der Waals surface area contributed by atoms with Crippen molar-refractivity contribution in [3.63, 3.8) is 0 Å². The molecule has 2 rings (SSSR count). The normalized spacial score (nSPS) is 10.2. The number of nitrogens with zero attached hydrogens (tertiary/aromatic N) is 3. The lowest BCUT2D eigenvalue weighted by Gasteiger charge is -2.23. The number of hydrogen-bond acceptors (Lipinski definition) is 5. The lowest BCUT2D eigenvalue weighted by Crippen LogP contribution is -2.23. The summed E-state index contributed by atoms with van der Waals surface area (Å²) in [7, 11) is 0. The Balaban J connectivity index is 2.28. The maximum atomic E-state index is 11.0. The number of aromatic nitrogens is 2. The molecule has 104 valence electrons. The summed E-state index contributed by atoms with van der Waals surface area (Å²) in [5, 5.41) is 7.90. The fraction of sp³-hybridized carbons (Fsp3) is 0.214. The molecule has 6 nitrogen and oxygen atoms in total. The topological polar surface area (TPSA) is 98.1 Å². The second-order valence-electron chi connectivity index (χ2n) is 4.27. The van der Waals surface area contributed by atoms with E-state index in [9.17, 15) is 4.79 Å². The largest absolute Gasteiger partial charge is 0.364 e. The Kier molecular flexibility index (Phi) is 4.62. The van der Waals surface area contributed by atoms with E-state index in [1.165, 1.54) is 0 Å². The molecule has 0 saturated carbocycles. The fourth-order valence-corrected chi connectivity index (χ4v) is 1.83. The van der Waals surface area contributed by atoms with Gasteiger partial charge in [0.1, 0.15) is 0 Å². The summed E-state index contributed by atoms with van der Waals surface area (Å²) in [6.45, 7) is 1.32. The molecule has 1 aromatic carbocycles. The van der Waals surface area contributed by atoms with Crippen LogP contribution < -0.4 is 16.4 Å². The van der Waals surface area contributed by atoms with Gasteiger partial charge in [-0.1, -0.05) is 18.2 Å². The van der Waals surface area contributed by atoms with Gasteiger partial charge in [-0.25, -0.2) is 0 Å². The van der Waals surface area contributed by atoms with Crippen molar-refractivity contribution in [2.75, 3.05) is 18.0 Å². The van der Waals surface area contributed by atoms with E-state index in [1.807, 2.05) is 35.2 Å². The van der Waals surface area contributed by atoms with Crippen molar-refractivity contribution in [1.82, 2.24) is 10.2 Å². The summed E-state index contributed by atoms with van der Waals surface area (Å²) in [6, 6.07) is 13.1. The van der Waals surface area contributed by atoms with Crippen LogP contribution in [-0.2, 0) is 0 Å². The first kappa shape index (κ1) is 14.0. The number of amides is 1. The molecular weight excluding hydrogens is 254 g/mol. The average molecular weight is 271 g/mol. The van der Waals surface area contributed by atoms with Gasteiger partial charge in [0.2, 0.25) is 0 Å². The van der Waals surface area contributed by atoms with Gasteiger partial charge in [-0.2, -0.15) is 0 Å². The molecule has 0 bridgehead atoms. The highest BCUT2D eigenvalue weighted by Crippen LogP contribution is 2.22. The van der Waals surface area contributed by atoms with E-state index >= 15 is 0 Å². The van der Waals surface area contributed by atoms with Crippen molar-refractivity contribution in [2.24, 2.45) is 11.5 Å². The molecule has 6 heteroatoms. The van der Waals surface area contributed by atoms with Crippen molar-refractivity contribution in [3.8, 4) is 0 Å². The molecule has 1 aromatic heterocycles. The van der Waals surface area contributed by atoms with Crippen molar-refractivity contribution in [1.29, 1.82) is 0 Å². The van der Waals surface area contributed by atoms with Gasteiger partial charge in [0.05, 0.1) is 0 Å². The molecule has 0 radical (unpaired) electrons. The van der Waals surface area contributed by atoms with Crippen LogP contribution in [0.5, 0.6) is 0 Å². The zero-order valence-corrected chi connectivity index (χ0v) is 11.1. The highest BCUT2D eigenvalue weighted by Gasteiger charge is 2.11. The summed E-state index contributed by atoms with van der Waals surface area (Å²) >= 11 is 0. The third-order valence-electron chi connectivity index (χ3n) is 2.83. The molecule has 0 saturated heterocycles. The van der Waals surface area contributed by atoms with Crippen molar-refractivity contribution in [3.05, 3.63) is 48.2 Å². The first-order chi connectivity index (χ1) is 9.72. The van der Waals surface area contributed by atoms with E-state index < -0.39 is 5.91 Å². The standard InChI is InChI=1S/C14H17N5O/c15-9-4-10-19(11-5-2-1-3-6-11)13-8-7-12(14(16)20)17-18-13/h1-3,5-8H,4,9-10,15H2,(H2,16,20). The number of carbonyl (C=O) groups is 1. The van der Waals surface area contributed by atoms with Crippen LogP contribution in [0.3, 0.4) is 0 Å².